The molecule has 45 heavy (non-hydrogen) atoms. The van der Waals surface area contributed by atoms with E-state index < -0.39 is 15.9 Å². The topological polar surface area (TPSA) is 92.8 Å². The van der Waals surface area contributed by atoms with Crippen molar-refractivity contribution in [3.8, 4) is 11.1 Å². The van der Waals surface area contributed by atoms with Crippen LogP contribution < -0.4 is 4.72 Å². The Morgan fingerprint density at radius 1 is 0.978 bits per heavy atom. The van der Waals surface area contributed by atoms with Gasteiger partial charge in [0.05, 0.1) is 18.0 Å². The summed E-state index contributed by atoms with van der Waals surface area (Å²) in [4.78, 5) is 29.0. The zero-order valence-corrected chi connectivity index (χ0v) is 27.2. The quantitative estimate of drug-likeness (QED) is 0.223. The van der Waals surface area contributed by atoms with Crippen LogP contribution in [0.5, 0.6) is 0 Å². The van der Waals surface area contributed by atoms with Crippen molar-refractivity contribution in [2.24, 2.45) is 11.8 Å². The SMILES string of the molecule is CCCC/C1=C\C2CC2CCCCC(=O)N1Cc1ccc(-c2ccccc2C(=O)NS(=O)(=O)c2ccccc2)c(COCC)c1. The summed E-state index contributed by atoms with van der Waals surface area (Å²) in [6.07, 6.45) is 10.4. The number of benzene rings is 3. The molecule has 2 aliphatic rings. The van der Waals surface area contributed by atoms with E-state index in [0.717, 1.165) is 60.4 Å². The van der Waals surface area contributed by atoms with E-state index >= 15 is 0 Å². The largest absolute Gasteiger partial charge is 0.377 e. The molecule has 3 aromatic carbocycles. The fourth-order valence-electron chi connectivity index (χ4n) is 6.16. The van der Waals surface area contributed by atoms with E-state index in [1.54, 1.807) is 30.3 Å². The van der Waals surface area contributed by atoms with Crippen molar-refractivity contribution in [3.63, 3.8) is 0 Å². The van der Waals surface area contributed by atoms with Crippen LogP contribution >= 0.6 is 0 Å². The number of fused-ring (bicyclic) bond motifs is 1. The molecule has 1 N–H and O–H groups in total. The van der Waals surface area contributed by atoms with Crippen molar-refractivity contribution in [3.05, 3.63) is 101 Å². The molecule has 1 aliphatic carbocycles. The number of ether oxygens (including phenoxy) is 1. The van der Waals surface area contributed by atoms with Gasteiger partial charge in [-0.15, -0.1) is 0 Å². The van der Waals surface area contributed by atoms with Gasteiger partial charge < -0.3 is 9.64 Å². The molecule has 1 fully saturated rings. The number of allylic oxidation sites excluding steroid dienone is 2. The van der Waals surface area contributed by atoms with Gasteiger partial charge in [0, 0.05) is 24.3 Å². The Morgan fingerprint density at radius 2 is 1.76 bits per heavy atom. The van der Waals surface area contributed by atoms with E-state index in [-0.39, 0.29) is 16.4 Å². The summed E-state index contributed by atoms with van der Waals surface area (Å²) in [5.41, 5.74) is 4.64. The summed E-state index contributed by atoms with van der Waals surface area (Å²) < 4.78 is 34.0. The van der Waals surface area contributed by atoms with Crippen molar-refractivity contribution < 1.29 is 22.7 Å². The number of nitrogens with zero attached hydrogens (tertiary/aromatic N) is 1. The lowest BCUT2D eigenvalue weighted by molar-refractivity contribution is -0.130. The molecule has 5 rings (SSSR count). The average molecular weight is 629 g/mol. The van der Waals surface area contributed by atoms with E-state index in [1.807, 2.05) is 36.1 Å². The monoisotopic (exact) mass is 628 g/mol. The fourth-order valence-corrected chi connectivity index (χ4v) is 7.15. The summed E-state index contributed by atoms with van der Waals surface area (Å²) in [5.74, 6) is 0.805. The Labute approximate surface area is 267 Å². The molecule has 0 spiro atoms. The average Bonchev–Trinajstić information content (AvgIpc) is 3.80. The second kappa shape index (κ2) is 15.0. The summed E-state index contributed by atoms with van der Waals surface area (Å²) in [6, 6.07) is 20.9. The minimum Gasteiger partial charge on any atom is -0.377 e. The van der Waals surface area contributed by atoms with Crippen LogP contribution in [-0.4, -0.2) is 31.7 Å². The third-order valence-electron chi connectivity index (χ3n) is 8.75. The molecular weight excluding hydrogens is 584 g/mol. The molecule has 238 valence electrons. The van der Waals surface area contributed by atoms with Gasteiger partial charge in [0.15, 0.2) is 0 Å². The van der Waals surface area contributed by atoms with Gasteiger partial charge in [-0.25, -0.2) is 13.1 Å². The number of hydrogen-bond donors (Lipinski definition) is 1. The molecule has 3 aromatic rings. The van der Waals surface area contributed by atoms with Crippen molar-refractivity contribution in [2.45, 2.75) is 83.3 Å². The molecule has 1 saturated carbocycles. The minimum atomic E-state index is -4.05. The molecule has 2 unspecified atom stereocenters. The van der Waals surface area contributed by atoms with Crippen LogP contribution in [0, 0.1) is 11.8 Å². The smallest absolute Gasteiger partial charge is 0.265 e. The van der Waals surface area contributed by atoms with Crippen molar-refractivity contribution in [1.29, 1.82) is 0 Å². The van der Waals surface area contributed by atoms with Crippen LogP contribution in [0.3, 0.4) is 0 Å². The third-order valence-corrected chi connectivity index (χ3v) is 10.1. The summed E-state index contributed by atoms with van der Waals surface area (Å²) >= 11 is 0. The highest BCUT2D eigenvalue weighted by Crippen LogP contribution is 2.45. The Kier molecular flexibility index (Phi) is 10.9. The predicted octanol–water partition coefficient (Wildman–Crippen LogP) is 7.62. The van der Waals surface area contributed by atoms with Gasteiger partial charge in [0.25, 0.3) is 15.9 Å². The van der Waals surface area contributed by atoms with Gasteiger partial charge in [-0.05, 0) is 91.3 Å². The van der Waals surface area contributed by atoms with Crippen molar-refractivity contribution in [2.75, 3.05) is 6.61 Å². The zero-order valence-electron chi connectivity index (χ0n) is 26.3. The van der Waals surface area contributed by atoms with Crippen LogP contribution in [0.4, 0.5) is 0 Å². The number of carbonyl (C=O) groups excluding carboxylic acids is 2. The first kappa shape index (κ1) is 32.6. The van der Waals surface area contributed by atoms with Crippen LogP contribution in [0.1, 0.15) is 86.7 Å². The lowest BCUT2D eigenvalue weighted by Crippen LogP contribution is -2.31. The van der Waals surface area contributed by atoms with E-state index in [1.165, 1.54) is 25.0 Å². The fraction of sp³-hybridized carbons (Fsp3) is 0.405. The molecule has 2 amide bonds. The maximum atomic E-state index is 13.6. The minimum absolute atomic E-state index is 0.0202. The highest BCUT2D eigenvalue weighted by Gasteiger charge is 2.36. The van der Waals surface area contributed by atoms with Crippen LogP contribution in [0.15, 0.2) is 89.5 Å². The molecule has 7 nitrogen and oxygen atoms in total. The summed E-state index contributed by atoms with van der Waals surface area (Å²) in [6.45, 7) is 5.41. The number of hydrogen-bond acceptors (Lipinski definition) is 5. The van der Waals surface area contributed by atoms with Crippen molar-refractivity contribution >= 4 is 21.8 Å². The van der Waals surface area contributed by atoms with E-state index in [2.05, 4.69) is 23.8 Å². The number of sulfonamides is 1. The lowest BCUT2D eigenvalue weighted by atomic mass is 9.93. The standard InChI is InChI=1S/C37H44N2O5S/c1-3-5-14-31-24-29-23-28(29)13-9-12-19-36(40)39(31)25-27-20-21-33(30(22-27)26-44-4-2)34-17-10-11-18-35(34)37(41)38-45(42,43)32-15-7-6-8-16-32/h6-8,10-11,15-18,20-22,24,28-29H,3-5,9,12-14,19,23,25-26H2,1-2H3,(H,38,41)/b31-24+. The van der Waals surface area contributed by atoms with Crippen molar-refractivity contribution in [1.82, 2.24) is 9.62 Å². The highest BCUT2D eigenvalue weighted by atomic mass is 32.2. The Hall–Kier alpha value is -3.75. The normalized spacial score (nSPS) is 19.7. The Morgan fingerprint density at radius 3 is 2.53 bits per heavy atom. The van der Waals surface area contributed by atoms with Gasteiger partial charge in [-0.2, -0.15) is 0 Å². The molecule has 2 atom stereocenters. The molecule has 1 heterocycles. The van der Waals surface area contributed by atoms with Crippen LogP contribution in [0.2, 0.25) is 0 Å². The Bertz CT molecular complexity index is 1630. The molecule has 8 heteroatoms. The second-order valence-corrected chi connectivity index (χ2v) is 13.8. The number of carbonyl (C=O) groups is 2. The van der Waals surface area contributed by atoms with E-state index in [4.69, 9.17) is 4.74 Å². The van der Waals surface area contributed by atoms with Crippen LogP contribution in [-0.2, 0) is 32.7 Å². The van der Waals surface area contributed by atoms with Gasteiger partial charge in [0.2, 0.25) is 5.91 Å². The number of rotatable bonds is 12. The molecule has 0 radical (unpaired) electrons. The maximum Gasteiger partial charge on any atom is 0.265 e. The van der Waals surface area contributed by atoms with Gasteiger partial charge in [-0.3, -0.25) is 9.59 Å². The van der Waals surface area contributed by atoms with E-state index in [0.29, 0.717) is 37.7 Å². The first-order valence-electron chi connectivity index (χ1n) is 16.2. The molecular formula is C37H44N2O5S. The van der Waals surface area contributed by atoms with Crippen LogP contribution in [0.25, 0.3) is 11.1 Å². The maximum absolute atomic E-state index is 13.6. The first-order valence-corrected chi connectivity index (χ1v) is 17.7. The molecule has 0 saturated heterocycles. The summed E-state index contributed by atoms with van der Waals surface area (Å²) in [7, 11) is -4.05. The van der Waals surface area contributed by atoms with E-state index in [9.17, 15) is 18.0 Å². The molecule has 0 aromatic heterocycles. The molecule has 1 aliphatic heterocycles. The lowest BCUT2D eigenvalue weighted by Gasteiger charge is -2.27. The highest BCUT2D eigenvalue weighted by molar-refractivity contribution is 7.90. The summed E-state index contributed by atoms with van der Waals surface area (Å²) in [5, 5.41) is 0. The number of nitrogens with one attached hydrogen (secondary N) is 1. The molecule has 0 bridgehead atoms. The number of unbranched alkanes of at least 4 members (excludes halogenated alkanes) is 1. The van der Waals surface area contributed by atoms with Gasteiger partial charge >= 0.3 is 0 Å². The van der Waals surface area contributed by atoms with Gasteiger partial charge in [-0.1, -0.05) is 80.4 Å². The number of amides is 2. The third kappa shape index (κ3) is 8.30. The van der Waals surface area contributed by atoms with Gasteiger partial charge in [0.1, 0.15) is 0 Å². The second-order valence-electron chi connectivity index (χ2n) is 12.1. The predicted molar refractivity (Wildman–Crippen MR) is 177 cm³/mol. The first-order chi connectivity index (χ1) is 21.8. The Balaban J connectivity index is 1.46. The zero-order chi connectivity index (χ0) is 31.8.